The predicted molar refractivity (Wildman–Crippen MR) is 46.5 cm³/mol. The molecule has 0 aromatic carbocycles. The Balaban J connectivity index is 2.70. The summed E-state index contributed by atoms with van der Waals surface area (Å²) in [7, 11) is 1.59. The van der Waals surface area contributed by atoms with Gasteiger partial charge in [-0.2, -0.15) is 18.3 Å². The first-order valence-electron chi connectivity index (χ1n) is 4.16. The van der Waals surface area contributed by atoms with Crippen LogP contribution in [0, 0.1) is 5.92 Å². The number of alkyl halides is 3. The Hall–Kier alpha value is -1.20. The zero-order valence-corrected chi connectivity index (χ0v) is 7.97. The van der Waals surface area contributed by atoms with Crippen molar-refractivity contribution >= 4 is 5.82 Å². The molecule has 1 unspecified atom stereocenters. The van der Waals surface area contributed by atoms with E-state index in [9.17, 15) is 13.2 Å². The van der Waals surface area contributed by atoms with Gasteiger partial charge in [-0.3, -0.25) is 4.68 Å². The van der Waals surface area contributed by atoms with Crippen LogP contribution in [0.5, 0.6) is 0 Å². The van der Waals surface area contributed by atoms with Crippen molar-refractivity contribution in [1.29, 1.82) is 0 Å². The number of nitrogens with two attached hydrogens (primary N) is 1. The minimum Gasteiger partial charge on any atom is -0.384 e. The lowest BCUT2D eigenvalue weighted by Crippen LogP contribution is -2.22. The molecule has 2 N–H and O–H groups in total. The number of nitrogens with zero attached hydrogens (tertiary/aromatic N) is 2. The van der Waals surface area contributed by atoms with Crippen LogP contribution in [-0.2, 0) is 13.5 Å². The topological polar surface area (TPSA) is 43.8 Å². The molecule has 1 heterocycles. The van der Waals surface area contributed by atoms with Gasteiger partial charge < -0.3 is 5.73 Å². The minimum absolute atomic E-state index is 0.130. The second-order valence-corrected chi connectivity index (χ2v) is 3.33. The van der Waals surface area contributed by atoms with Gasteiger partial charge in [0.2, 0.25) is 0 Å². The van der Waals surface area contributed by atoms with E-state index in [1.54, 1.807) is 7.05 Å². The molecule has 14 heavy (non-hydrogen) atoms. The molecule has 1 aromatic heterocycles. The highest BCUT2D eigenvalue weighted by Gasteiger charge is 2.36. The molecule has 0 fully saturated rings. The number of halogens is 3. The molecule has 0 spiro atoms. The standard InChI is InChI=1S/C8H12F3N3/c1-5(8(9,10)11)3-6-4-7(12)14(2)13-6/h4-5H,3,12H2,1-2H3. The van der Waals surface area contributed by atoms with Crippen LogP contribution in [0.4, 0.5) is 19.0 Å². The molecule has 0 amide bonds. The number of hydrogen-bond acceptors (Lipinski definition) is 2. The van der Waals surface area contributed by atoms with Crippen molar-refractivity contribution in [3.8, 4) is 0 Å². The van der Waals surface area contributed by atoms with E-state index in [0.717, 1.165) is 6.92 Å². The zero-order valence-electron chi connectivity index (χ0n) is 7.97. The molecule has 3 nitrogen and oxygen atoms in total. The third-order valence-corrected chi connectivity index (χ3v) is 2.04. The molecule has 0 saturated heterocycles. The minimum atomic E-state index is -4.17. The number of hydrogen-bond donors (Lipinski definition) is 1. The van der Waals surface area contributed by atoms with E-state index >= 15 is 0 Å². The third kappa shape index (κ3) is 2.40. The summed E-state index contributed by atoms with van der Waals surface area (Å²) < 4.78 is 37.9. The molecule has 1 atom stereocenters. The molecule has 0 bridgehead atoms. The molecule has 0 aliphatic heterocycles. The summed E-state index contributed by atoms with van der Waals surface area (Å²) in [4.78, 5) is 0. The molecule has 0 aliphatic rings. The first kappa shape index (κ1) is 10.9. The number of aromatic nitrogens is 2. The summed E-state index contributed by atoms with van der Waals surface area (Å²) in [6, 6.07) is 1.46. The van der Waals surface area contributed by atoms with Gasteiger partial charge in [0, 0.05) is 19.5 Å². The van der Waals surface area contributed by atoms with Gasteiger partial charge >= 0.3 is 6.18 Å². The van der Waals surface area contributed by atoms with E-state index < -0.39 is 12.1 Å². The van der Waals surface area contributed by atoms with E-state index in [0.29, 0.717) is 11.5 Å². The summed E-state index contributed by atoms with van der Waals surface area (Å²) in [5.41, 5.74) is 5.81. The van der Waals surface area contributed by atoms with E-state index in [2.05, 4.69) is 5.10 Å². The second-order valence-electron chi connectivity index (χ2n) is 3.33. The van der Waals surface area contributed by atoms with E-state index in [-0.39, 0.29) is 6.42 Å². The maximum atomic E-state index is 12.2. The van der Waals surface area contributed by atoms with Crippen molar-refractivity contribution in [1.82, 2.24) is 9.78 Å². The number of rotatable bonds is 2. The van der Waals surface area contributed by atoms with Crippen LogP contribution in [0.25, 0.3) is 0 Å². The van der Waals surface area contributed by atoms with Crippen LogP contribution < -0.4 is 5.73 Å². The monoisotopic (exact) mass is 207 g/mol. The van der Waals surface area contributed by atoms with Gasteiger partial charge in [0.15, 0.2) is 0 Å². The van der Waals surface area contributed by atoms with Crippen LogP contribution >= 0.6 is 0 Å². The van der Waals surface area contributed by atoms with Crippen LogP contribution in [0.3, 0.4) is 0 Å². The highest BCUT2D eigenvalue weighted by molar-refractivity contribution is 5.30. The molecule has 0 aliphatic carbocycles. The summed E-state index contributed by atoms with van der Waals surface area (Å²) >= 11 is 0. The Kier molecular flexibility index (Phi) is 2.73. The second kappa shape index (κ2) is 3.51. The molecule has 80 valence electrons. The van der Waals surface area contributed by atoms with Gasteiger partial charge in [0.25, 0.3) is 0 Å². The normalized spacial score (nSPS) is 14.4. The molecule has 1 aromatic rings. The Labute approximate surface area is 79.7 Å². The van der Waals surface area contributed by atoms with Crippen molar-refractivity contribution in [3.63, 3.8) is 0 Å². The Bertz CT molecular complexity index is 297. The quantitative estimate of drug-likeness (QED) is 0.802. The lowest BCUT2D eigenvalue weighted by molar-refractivity contribution is -0.169. The lowest BCUT2D eigenvalue weighted by atomic mass is 10.1. The van der Waals surface area contributed by atoms with Gasteiger partial charge in [-0.15, -0.1) is 0 Å². The maximum absolute atomic E-state index is 12.2. The molecule has 0 radical (unpaired) electrons. The summed E-state index contributed by atoms with van der Waals surface area (Å²) in [6.07, 6.45) is -4.30. The summed E-state index contributed by atoms with van der Waals surface area (Å²) in [6.45, 7) is 1.13. The van der Waals surface area contributed by atoms with Crippen molar-refractivity contribution in [2.24, 2.45) is 13.0 Å². The fourth-order valence-electron chi connectivity index (χ4n) is 1.07. The summed E-state index contributed by atoms with van der Waals surface area (Å²) in [5.74, 6) is -1.02. The first-order chi connectivity index (χ1) is 6.30. The zero-order chi connectivity index (χ0) is 10.9. The fourth-order valence-corrected chi connectivity index (χ4v) is 1.07. The molecular weight excluding hydrogens is 195 g/mol. The lowest BCUT2D eigenvalue weighted by Gasteiger charge is -2.13. The SMILES string of the molecule is CC(Cc1cc(N)n(C)n1)C(F)(F)F. The van der Waals surface area contributed by atoms with Crippen molar-refractivity contribution in [2.75, 3.05) is 5.73 Å². The third-order valence-electron chi connectivity index (χ3n) is 2.04. The van der Waals surface area contributed by atoms with Crippen molar-refractivity contribution in [3.05, 3.63) is 11.8 Å². The first-order valence-corrected chi connectivity index (χ1v) is 4.16. The Morgan fingerprint density at radius 3 is 2.50 bits per heavy atom. The molecule has 0 saturated carbocycles. The van der Waals surface area contributed by atoms with Gasteiger partial charge in [-0.1, -0.05) is 6.92 Å². The van der Waals surface area contributed by atoms with E-state index in [1.807, 2.05) is 0 Å². The van der Waals surface area contributed by atoms with Crippen LogP contribution in [0.15, 0.2) is 6.07 Å². The highest BCUT2D eigenvalue weighted by Crippen LogP contribution is 2.28. The van der Waals surface area contributed by atoms with Crippen LogP contribution in [-0.4, -0.2) is 16.0 Å². The van der Waals surface area contributed by atoms with Gasteiger partial charge in [0.05, 0.1) is 11.6 Å². The molecular formula is C8H12F3N3. The summed E-state index contributed by atoms with van der Waals surface area (Å²) in [5, 5.41) is 3.86. The van der Waals surface area contributed by atoms with Gasteiger partial charge in [-0.05, 0) is 0 Å². The average Bonchev–Trinajstić information content (AvgIpc) is 2.29. The fraction of sp³-hybridized carbons (Fsp3) is 0.625. The average molecular weight is 207 g/mol. The van der Waals surface area contributed by atoms with Gasteiger partial charge in [0.1, 0.15) is 5.82 Å². The van der Waals surface area contributed by atoms with Gasteiger partial charge in [-0.25, -0.2) is 0 Å². The van der Waals surface area contributed by atoms with E-state index in [1.165, 1.54) is 10.7 Å². The number of nitrogen functional groups attached to an aromatic ring is 1. The maximum Gasteiger partial charge on any atom is 0.391 e. The van der Waals surface area contributed by atoms with Crippen LogP contribution in [0.1, 0.15) is 12.6 Å². The largest absolute Gasteiger partial charge is 0.391 e. The van der Waals surface area contributed by atoms with Crippen LogP contribution in [0.2, 0.25) is 0 Å². The van der Waals surface area contributed by atoms with Crippen molar-refractivity contribution < 1.29 is 13.2 Å². The molecule has 6 heteroatoms. The smallest absolute Gasteiger partial charge is 0.384 e. The Morgan fingerprint density at radius 2 is 2.14 bits per heavy atom. The number of anilines is 1. The predicted octanol–water partition coefficient (Wildman–Crippen LogP) is 1.74. The number of aryl methyl sites for hydroxylation is 1. The molecule has 1 rings (SSSR count). The Morgan fingerprint density at radius 1 is 1.57 bits per heavy atom. The van der Waals surface area contributed by atoms with E-state index in [4.69, 9.17) is 5.73 Å². The van der Waals surface area contributed by atoms with Crippen molar-refractivity contribution in [2.45, 2.75) is 19.5 Å². The highest BCUT2D eigenvalue weighted by atomic mass is 19.4.